The van der Waals surface area contributed by atoms with Gasteiger partial charge in [-0.25, -0.2) is 0 Å². The van der Waals surface area contributed by atoms with E-state index in [1.54, 1.807) is 0 Å². The Hall–Kier alpha value is 3.07. The largest absolute Gasteiger partial charge is 0.125 e. The fourth-order valence-corrected chi connectivity index (χ4v) is 2.25. The van der Waals surface area contributed by atoms with Crippen LogP contribution < -0.4 is 0 Å². The molecule has 0 aromatic carbocycles. The molecule has 4 heteroatoms. The third-order valence-electron chi connectivity index (χ3n) is 0.625. The normalized spacial score (nSPS) is 9.75. The second-order valence-electron chi connectivity index (χ2n) is 1.21. The van der Waals surface area contributed by atoms with Crippen molar-refractivity contribution in [2.75, 3.05) is 25.7 Å². The van der Waals surface area contributed by atoms with Gasteiger partial charge in [-0.3, -0.25) is 0 Å². The van der Waals surface area contributed by atoms with Crippen molar-refractivity contribution in [1.29, 1.82) is 0 Å². The molecule has 44 valence electrons. The fraction of sp³-hybridized carbons (Fsp3) is 1.00. The quantitative estimate of drug-likeness (QED) is 0.548. The smallest absolute Gasteiger partial charge is 0 e. The van der Waals surface area contributed by atoms with Gasteiger partial charge in [-0.15, -0.1) is 17.2 Å². The molecule has 0 bridgehead atoms. The van der Waals surface area contributed by atoms with Crippen LogP contribution in [0.1, 0.15) is 0 Å². The van der Waals surface area contributed by atoms with Crippen molar-refractivity contribution in [1.82, 2.24) is 0 Å². The molecular formula is C4H12P2Y2. The van der Waals surface area contributed by atoms with E-state index in [2.05, 4.69) is 13.3 Å². The van der Waals surface area contributed by atoms with E-state index in [0.717, 1.165) is 0 Å². The first kappa shape index (κ1) is 17.2. The predicted molar refractivity (Wildman–Crippen MR) is 38.2 cm³/mol. The van der Waals surface area contributed by atoms with Crippen LogP contribution in [0, 0.1) is 0 Å². The van der Waals surface area contributed by atoms with E-state index in [-0.39, 0.29) is 65.4 Å². The van der Waals surface area contributed by atoms with Gasteiger partial charge in [0.1, 0.15) is 0 Å². The van der Waals surface area contributed by atoms with Crippen molar-refractivity contribution in [2.24, 2.45) is 0 Å². The summed E-state index contributed by atoms with van der Waals surface area (Å²) in [4.78, 5) is 0. The predicted octanol–water partition coefficient (Wildman–Crippen LogP) is 1.60. The average Bonchev–Trinajstić information content (AvgIpc) is 1.61. The Morgan fingerprint density at radius 1 is 0.875 bits per heavy atom. The molecule has 0 rings (SSSR count). The molecule has 0 amide bonds. The molecule has 0 aliphatic carbocycles. The molecule has 2 radical (unpaired) electrons. The van der Waals surface area contributed by atoms with Crippen molar-refractivity contribution in [3.05, 3.63) is 0 Å². The molecule has 0 aromatic rings. The Kier molecular flexibility index (Phi) is 35.7. The van der Waals surface area contributed by atoms with Gasteiger partial charge in [-0.2, -0.15) is 0 Å². The maximum Gasteiger partial charge on any atom is 0 e. The zero-order valence-electron chi connectivity index (χ0n) is 5.57. The van der Waals surface area contributed by atoms with Gasteiger partial charge in [-0.05, 0) is 25.7 Å². The molecule has 0 N–H and O–H groups in total. The van der Waals surface area contributed by atoms with Crippen molar-refractivity contribution in [2.45, 2.75) is 0 Å². The summed E-state index contributed by atoms with van der Waals surface area (Å²) < 4.78 is 0. The standard InChI is InChI=1S/C4H12P2.2Y/c1-5-3-4-6-2;;/h5-6H,3-4H2,1-2H3;;. The number of rotatable bonds is 3. The number of hydrogen-bond donors (Lipinski definition) is 0. The summed E-state index contributed by atoms with van der Waals surface area (Å²) in [7, 11) is 2.34. The van der Waals surface area contributed by atoms with E-state index in [4.69, 9.17) is 0 Å². The summed E-state index contributed by atoms with van der Waals surface area (Å²) in [5, 5.41) is 0. The Morgan fingerprint density at radius 2 is 1.12 bits per heavy atom. The Bertz CT molecular complexity index is 24.0. The van der Waals surface area contributed by atoms with E-state index in [9.17, 15) is 0 Å². The third kappa shape index (κ3) is 16.0. The molecule has 0 nitrogen and oxygen atoms in total. The first-order valence-electron chi connectivity index (χ1n) is 2.21. The van der Waals surface area contributed by atoms with Crippen molar-refractivity contribution in [3.8, 4) is 0 Å². The van der Waals surface area contributed by atoms with E-state index < -0.39 is 0 Å². The summed E-state index contributed by atoms with van der Waals surface area (Å²) in [5.74, 6) is 0. The van der Waals surface area contributed by atoms with Crippen LogP contribution in [0.15, 0.2) is 0 Å². The molecule has 2 unspecified atom stereocenters. The summed E-state index contributed by atoms with van der Waals surface area (Å²) in [6.07, 6.45) is 2.91. The molecule has 2 atom stereocenters. The van der Waals surface area contributed by atoms with Crippen LogP contribution in [0.4, 0.5) is 0 Å². The Morgan fingerprint density at radius 3 is 1.25 bits per heavy atom. The molecule has 0 fully saturated rings. The fourth-order valence-electron chi connectivity index (χ4n) is 0.250. The van der Waals surface area contributed by atoms with E-state index in [1.807, 2.05) is 0 Å². The molecule has 0 saturated carbocycles. The van der Waals surface area contributed by atoms with Gasteiger partial charge in [0.2, 0.25) is 0 Å². The first-order valence-corrected chi connectivity index (χ1v) is 5.62. The average molecular weight is 300 g/mol. The topological polar surface area (TPSA) is 0 Å². The van der Waals surface area contributed by atoms with E-state index in [1.165, 1.54) is 29.5 Å². The van der Waals surface area contributed by atoms with Gasteiger partial charge in [-0.1, -0.05) is 0 Å². The van der Waals surface area contributed by atoms with Crippen LogP contribution in [0.2, 0.25) is 0 Å². The molecule has 0 saturated heterocycles. The summed E-state index contributed by atoms with van der Waals surface area (Å²) in [5.41, 5.74) is 0. The van der Waals surface area contributed by atoms with Crippen LogP contribution >= 0.6 is 17.2 Å². The maximum atomic E-state index is 2.26. The minimum atomic E-state index is 0. The summed E-state index contributed by atoms with van der Waals surface area (Å²) in [6.45, 7) is 4.53. The minimum absolute atomic E-state index is 0. The summed E-state index contributed by atoms with van der Waals surface area (Å²) in [6, 6.07) is 0. The molecule has 0 heterocycles. The Balaban J connectivity index is -0.000000125. The van der Waals surface area contributed by atoms with Crippen LogP contribution in [-0.2, 0) is 65.4 Å². The van der Waals surface area contributed by atoms with Crippen LogP contribution in [-0.4, -0.2) is 25.7 Å². The monoisotopic (exact) mass is 300 g/mol. The van der Waals surface area contributed by atoms with E-state index in [0.29, 0.717) is 0 Å². The van der Waals surface area contributed by atoms with Crippen LogP contribution in [0.3, 0.4) is 0 Å². The van der Waals surface area contributed by atoms with Crippen LogP contribution in [0.5, 0.6) is 0 Å². The van der Waals surface area contributed by atoms with Gasteiger partial charge < -0.3 is 0 Å². The van der Waals surface area contributed by atoms with Crippen molar-refractivity contribution in [3.63, 3.8) is 0 Å². The van der Waals surface area contributed by atoms with Gasteiger partial charge in [0.15, 0.2) is 0 Å². The minimum Gasteiger partial charge on any atom is -0.125 e. The van der Waals surface area contributed by atoms with Gasteiger partial charge >= 0.3 is 0 Å². The van der Waals surface area contributed by atoms with Crippen molar-refractivity contribution < 1.29 is 65.4 Å². The first-order chi connectivity index (χ1) is 2.91. The molecular weight excluding hydrogens is 288 g/mol. The SMILES string of the molecule is CPCCPC.[Y].[Y]. The van der Waals surface area contributed by atoms with Crippen molar-refractivity contribution >= 4 is 17.2 Å². The molecule has 0 aliphatic rings. The third-order valence-corrected chi connectivity index (χ3v) is 2.62. The van der Waals surface area contributed by atoms with E-state index >= 15 is 0 Å². The zero-order chi connectivity index (χ0) is 4.83. The molecule has 0 aromatic heterocycles. The second-order valence-corrected chi connectivity index (χ2v) is 3.62. The van der Waals surface area contributed by atoms with Crippen LogP contribution in [0.25, 0.3) is 0 Å². The molecule has 0 spiro atoms. The Labute approximate surface area is 106 Å². The molecule has 8 heavy (non-hydrogen) atoms. The second kappa shape index (κ2) is 16.6. The van der Waals surface area contributed by atoms with Gasteiger partial charge in [0.05, 0.1) is 0 Å². The zero-order valence-corrected chi connectivity index (χ0v) is 13.2. The van der Waals surface area contributed by atoms with Gasteiger partial charge in [0.25, 0.3) is 0 Å². The summed E-state index contributed by atoms with van der Waals surface area (Å²) >= 11 is 0. The molecule has 0 aliphatic heterocycles. The van der Waals surface area contributed by atoms with Gasteiger partial charge in [0, 0.05) is 65.4 Å². The maximum absolute atomic E-state index is 2.26. The number of hydrogen-bond acceptors (Lipinski definition) is 0.